The van der Waals surface area contributed by atoms with E-state index in [1.165, 1.54) is 11.0 Å². The van der Waals surface area contributed by atoms with E-state index in [1.54, 1.807) is 18.3 Å². The van der Waals surface area contributed by atoms with Crippen molar-refractivity contribution in [2.45, 2.75) is 24.2 Å². The summed E-state index contributed by atoms with van der Waals surface area (Å²) < 4.78 is 0. The van der Waals surface area contributed by atoms with Crippen molar-refractivity contribution < 1.29 is 14.4 Å². The fourth-order valence-electron chi connectivity index (χ4n) is 7.11. The summed E-state index contributed by atoms with van der Waals surface area (Å²) >= 11 is 12.7. The molecule has 0 radical (unpaired) electrons. The SMILES string of the molecule is O=C(CCc1ccccc1)N/N=C\C12c3ccccc3C(c3ccccc31)[C@@H]1C(=O)N(c3ccc(Cl)cc3Cl)C(=O)[C@H]12. The molecule has 4 aromatic rings. The minimum atomic E-state index is -1.08. The lowest BCUT2D eigenvalue weighted by Crippen LogP contribution is -2.54. The van der Waals surface area contributed by atoms with Crippen LogP contribution in [0, 0.1) is 11.8 Å². The monoisotopic (exact) mass is 593 g/mol. The second kappa shape index (κ2) is 10.2. The number of hydrogen-bond acceptors (Lipinski definition) is 4. The third kappa shape index (κ3) is 3.93. The molecule has 3 aliphatic carbocycles. The predicted molar refractivity (Wildman–Crippen MR) is 163 cm³/mol. The van der Waals surface area contributed by atoms with Crippen molar-refractivity contribution in [1.29, 1.82) is 0 Å². The summed E-state index contributed by atoms with van der Waals surface area (Å²) in [4.78, 5) is 42.7. The van der Waals surface area contributed by atoms with Gasteiger partial charge in [0.1, 0.15) is 0 Å². The maximum atomic E-state index is 14.4. The van der Waals surface area contributed by atoms with Crippen molar-refractivity contribution in [2.75, 3.05) is 4.90 Å². The van der Waals surface area contributed by atoms with Crippen LogP contribution in [-0.4, -0.2) is 23.9 Å². The first-order valence-electron chi connectivity index (χ1n) is 13.8. The summed E-state index contributed by atoms with van der Waals surface area (Å²) in [5.41, 5.74) is 6.73. The first kappa shape index (κ1) is 26.6. The van der Waals surface area contributed by atoms with Crippen LogP contribution in [0.2, 0.25) is 10.0 Å². The molecule has 1 aliphatic heterocycles. The Morgan fingerprint density at radius 2 is 1.50 bits per heavy atom. The van der Waals surface area contributed by atoms with Gasteiger partial charge in [-0.2, -0.15) is 5.10 Å². The van der Waals surface area contributed by atoms with E-state index in [4.69, 9.17) is 23.2 Å². The Hall–Kier alpha value is -4.26. The Labute approximate surface area is 253 Å². The molecule has 1 fully saturated rings. The van der Waals surface area contributed by atoms with Gasteiger partial charge in [0.2, 0.25) is 17.7 Å². The lowest BCUT2D eigenvalue weighted by atomic mass is 9.47. The summed E-state index contributed by atoms with van der Waals surface area (Å²) in [6.07, 6.45) is 2.50. The molecule has 3 amide bonds. The summed E-state index contributed by atoms with van der Waals surface area (Å²) in [6, 6.07) is 30.3. The van der Waals surface area contributed by atoms with Crippen molar-refractivity contribution in [2.24, 2.45) is 16.9 Å². The number of benzene rings is 4. The minimum Gasteiger partial charge on any atom is -0.274 e. The highest BCUT2D eigenvalue weighted by Gasteiger charge is 2.68. The molecular weight excluding hydrogens is 569 g/mol. The molecule has 1 heterocycles. The molecular formula is C34H25Cl2N3O3. The van der Waals surface area contributed by atoms with Gasteiger partial charge in [-0.1, -0.05) is 102 Å². The number of amides is 3. The van der Waals surface area contributed by atoms with Gasteiger partial charge in [0.15, 0.2) is 0 Å². The average Bonchev–Trinajstić information content (AvgIpc) is 3.27. The van der Waals surface area contributed by atoms with Crippen LogP contribution in [0.4, 0.5) is 5.69 Å². The van der Waals surface area contributed by atoms with Crippen LogP contribution in [-0.2, 0) is 26.2 Å². The van der Waals surface area contributed by atoms with Crippen molar-refractivity contribution in [3.63, 3.8) is 0 Å². The zero-order valence-electron chi connectivity index (χ0n) is 22.3. The second-order valence-electron chi connectivity index (χ2n) is 10.9. The van der Waals surface area contributed by atoms with Crippen LogP contribution in [0.3, 0.4) is 0 Å². The van der Waals surface area contributed by atoms with E-state index in [0.717, 1.165) is 27.8 Å². The van der Waals surface area contributed by atoms with E-state index < -0.39 is 17.3 Å². The maximum absolute atomic E-state index is 14.4. The summed E-state index contributed by atoms with van der Waals surface area (Å²) in [6.45, 7) is 0. The number of nitrogens with one attached hydrogen (secondary N) is 1. The fourth-order valence-corrected chi connectivity index (χ4v) is 7.61. The number of hydrazone groups is 1. The number of nitrogens with zero attached hydrogens (tertiary/aromatic N) is 2. The molecule has 0 unspecified atom stereocenters. The highest BCUT2D eigenvalue weighted by molar-refractivity contribution is 6.38. The molecule has 8 rings (SSSR count). The quantitative estimate of drug-likeness (QED) is 0.162. The van der Waals surface area contributed by atoms with Crippen molar-refractivity contribution >= 4 is 52.8 Å². The number of hydrogen-bond donors (Lipinski definition) is 1. The first-order valence-corrected chi connectivity index (χ1v) is 14.6. The van der Waals surface area contributed by atoms with Crippen LogP contribution < -0.4 is 10.3 Å². The Morgan fingerprint density at radius 3 is 2.17 bits per heavy atom. The second-order valence-corrected chi connectivity index (χ2v) is 11.8. The molecule has 0 spiro atoms. The zero-order chi connectivity index (χ0) is 29.0. The van der Waals surface area contributed by atoms with Gasteiger partial charge >= 0.3 is 0 Å². The van der Waals surface area contributed by atoms with E-state index in [9.17, 15) is 14.4 Å². The first-order chi connectivity index (χ1) is 20.4. The molecule has 4 aromatic carbocycles. The standard InChI is InChI=1S/C34H25Cl2N3O3/c35-21-15-16-27(26(36)18-21)39-32(41)30-29-22-10-4-6-12-24(22)34(31(30)33(39)42,25-13-7-5-11-23(25)29)19-37-38-28(40)17-14-20-8-2-1-3-9-20/h1-13,15-16,18-19,29-31H,14,17H2,(H,38,40)/b37-19-/t29?,30-,31-,34?/m0/s1. The van der Waals surface area contributed by atoms with Gasteiger partial charge in [-0.05, 0) is 52.4 Å². The van der Waals surface area contributed by atoms with Gasteiger partial charge in [-0.25, -0.2) is 10.3 Å². The highest BCUT2D eigenvalue weighted by atomic mass is 35.5. The van der Waals surface area contributed by atoms with E-state index in [-0.39, 0.29) is 35.1 Å². The summed E-state index contributed by atoms with van der Waals surface area (Å²) in [7, 11) is 0. The smallest absolute Gasteiger partial charge is 0.240 e. The number of halogens is 2. The molecule has 8 heteroatoms. The topological polar surface area (TPSA) is 78.8 Å². The molecule has 42 heavy (non-hydrogen) atoms. The zero-order valence-corrected chi connectivity index (χ0v) is 23.8. The molecule has 4 aliphatic rings. The van der Waals surface area contributed by atoms with Gasteiger partial charge < -0.3 is 0 Å². The minimum absolute atomic E-state index is 0.221. The van der Waals surface area contributed by atoms with Crippen LogP contribution in [0.1, 0.15) is 40.2 Å². The fraction of sp³-hybridized carbons (Fsp3) is 0.176. The largest absolute Gasteiger partial charge is 0.274 e. The third-order valence-electron chi connectivity index (χ3n) is 8.78. The molecule has 208 valence electrons. The molecule has 6 nitrogen and oxygen atoms in total. The van der Waals surface area contributed by atoms with Crippen molar-refractivity contribution in [3.8, 4) is 0 Å². The number of anilines is 1. The molecule has 1 N–H and O–H groups in total. The van der Waals surface area contributed by atoms with Gasteiger partial charge in [0, 0.05) is 23.6 Å². The average molecular weight is 594 g/mol. The van der Waals surface area contributed by atoms with E-state index >= 15 is 0 Å². The summed E-state index contributed by atoms with van der Waals surface area (Å²) in [5.74, 6) is -2.67. The van der Waals surface area contributed by atoms with E-state index in [2.05, 4.69) is 10.5 Å². The molecule has 0 aromatic heterocycles. The summed E-state index contributed by atoms with van der Waals surface area (Å²) in [5, 5.41) is 5.10. The number of imide groups is 1. The third-order valence-corrected chi connectivity index (χ3v) is 9.31. The van der Waals surface area contributed by atoms with E-state index in [0.29, 0.717) is 17.1 Å². The Bertz CT molecular complexity index is 1740. The number of carbonyl (C=O) groups is 3. The van der Waals surface area contributed by atoms with Crippen LogP contribution in [0.5, 0.6) is 0 Å². The number of aryl methyl sites for hydroxylation is 1. The van der Waals surface area contributed by atoms with Gasteiger partial charge in [0.05, 0.1) is 28.0 Å². The Morgan fingerprint density at radius 1 is 0.857 bits per heavy atom. The maximum Gasteiger partial charge on any atom is 0.240 e. The lowest BCUT2D eigenvalue weighted by molar-refractivity contribution is -0.123. The Balaban J connectivity index is 1.32. The molecule has 2 bridgehead atoms. The Kier molecular flexibility index (Phi) is 6.48. The van der Waals surface area contributed by atoms with Crippen molar-refractivity contribution in [1.82, 2.24) is 5.43 Å². The van der Waals surface area contributed by atoms with Gasteiger partial charge in [-0.15, -0.1) is 0 Å². The highest BCUT2D eigenvalue weighted by Crippen LogP contribution is 2.63. The number of carbonyl (C=O) groups excluding carboxylic acids is 3. The molecule has 0 saturated carbocycles. The van der Waals surface area contributed by atoms with Crippen molar-refractivity contribution in [3.05, 3.63) is 135 Å². The molecule has 2 atom stereocenters. The van der Waals surface area contributed by atoms with E-state index in [1.807, 2.05) is 78.9 Å². The van der Waals surface area contributed by atoms with Crippen LogP contribution in [0.15, 0.2) is 102 Å². The normalized spacial score (nSPS) is 23.6. The molecule has 1 saturated heterocycles. The van der Waals surface area contributed by atoms with Gasteiger partial charge in [0.25, 0.3) is 0 Å². The predicted octanol–water partition coefficient (Wildman–Crippen LogP) is 6.28. The van der Waals surface area contributed by atoms with Gasteiger partial charge in [-0.3, -0.25) is 14.4 Å². The lowest BCUT2D eigenvalue weighted by Gasteiger charge is -2.52. The van der Waals surface area contributed by atoms with Crippen LogP contribution >= 0.6 is 23.2 Å². The van der Waals surface area contributed by atoms with Crippen LogP contribution in [0.25, 0.3) is 0 Å². The number of rotatable bonds is 6.